The van der Waals surface area contributed by atoms with Gasteiger partial charge in [0.1, 0.15) is 0 Å². The first kappa shape index (κ1) is 19.4. The van der Waals surface area contributed by atoms with Crippen LogP contribution in [0.2, 0.25) is 0 Å². The van der Waals surface area contributed by atoms with Crippen molar-refractivity contribution >= 4 is 21.7 Å². The van der Waals surface area contributed by atoms with E-state index >= 15 is 0 Å². The molecular weight excluding hydrogens is 320 g/mol. The molecule has 0 bridgehead atoms. The Morgan fingerprint density at radius 1 is 1.30 bits per heavy atom. The number of carboxylic acid groups (broad SMARTS) is 1. The zero-order valence-electron chi connectivity index (χ0n) is 13.8. The third-order valence-corrected chi connectivity index (χ3v) is 4.59. The highest BCUT2D eigenvalue weighted by Crippen LogP contribution is 2.21. The SMILES string of the molecule is COC[C@@H](C)NS(=O)(=O)c1ccc(NCC(C)C)c(C(=O)O)c1. The minimum absolute atomic E-state index is 0.0760. The summed E-state index contributed by atoms with van der Waals surface area (Å²) < 4.78 is 31.9. The number of carboxylic acids is 1. The van der Waals surface area contributed by atoms with Crippen molar-refractivity contribution in [2.24, 2.45) is 5.92 Å². The first-order valence-electron chi connectivity index (χ1n) is 7.30. The first-order chi connectivity index (χ1) is 10.7. The van der Waals surface area contributed by atoms with E-state index in [2.05, 4.69) is 10.0 Å². The second-order valence-electron chi connectivity index (χ2n) is 5.76. The lowest BCUT2D eigenvalue weighted by atomic mass is 10.1. The van der Waals surface area contributed by atoms with Crippen LogP contribution in [0.1, 0.15) is 31.1 Å². The summed E-state index contributed by atoms with van der Waals surface area (Å²) in [7, 11) is -2.33. The van der Waals surface area contributed by atoms with Crippen molar-refractivity contribution in [2.45, 2.75) is 31.7 Å². The molecule has 0 unspecified atom stereocenters. The first-order valence-corrected chi connectivity index (χ1v) is 8.78. The van der Waals surface area contributed by atoms with Crippen LogP contribution in [0.4, 0.5) is 5.69 Å². The number of hydrogen-bond acceptors (Lipinski definition) is 5. The van der Waals surface area contributed by atoms with Gasteiger partial charge in [0.25, 0.3) is 0 Å². The lowest BCUT2D eigenvalue weighted by Crippen LogP contribution is -2.35. The fourth-order valence-corrected chi connectivity index (χ4v) is 3.21. The summed E-state index contributed by atoms with van der Waals surface area (Å²) in [4.78, 5) is 11.3. The van der Waals surface area contributed by atoms with E-state index in [0.29, 0.717) is 18.2 Å². The summed E-state index contributed by atoms with van der Waals surface area (Å²) in [6.45, 7) is 6.47. The van der Waals surface area contributed by atoms with E-state index < -0.39 is 22.0 Å². The van der Waals surface area contributed by atoms with E-state index in [0.717, 1.165) is 6.07 Å². The Morgan fingerprint density at radius 3 is 2.48 bits per heavy atom. The normalized spacial score (nSPS) is 13.1. The lowest BCUT2D eigenvalue weighted by Gasteiger charge is -2.15. The third-order valence-electron chi connectivity index (χ3n) is 3.01. The van der Waals surface area contributed by atoms with Crippen LogP contribution in [-0.4, -0.2) is 45.8 Å². The molecule has 7 nitrogen and oxygen atoms in total. The van der Waals surface area contributed by atoms with Gasteiger partial charge in [-0.05, 0) is 31.0 Å². The van der Waals surface area contributed by atoms with Crippen LogP contribution in [0.25, 0.3) is 0 Å². The highest BCUT2D eigenvalue weighted by molar-refractivity contribution is 7.89. The predicted octanol–water partition coefficient (Wildman–Crippen LogP) is 1.77. The summed E-state index contributed by atoms with van der Waals surface area (Å²) in [5, 5.41) is 12.3. The van der Waals surface area contributed by atoms with Gasteiger partial charge in [-0.25, -0.2) is 17.9 Å². The van der Waals surface area contributed by atoms with Crippen molar-refractivity contribution in [2.75, 3.05) is 25.6 Å². The Hall–Kier alpha value is -1.64. The molecule has 0 radical (unpaired) electrons. The maximum atomic E-state index is 12.3. The van der Waals surface area contributed by atoms with Crippen LogP contribution in [0, 0.1) is 5.92 Å². The molecule has 0 heterocycles. The molecule has 130 valence electrons. The van der Waals surface area contributed by atoms with Crippen LogP contribution in [0.3, 0.4) is 0 Å². The minimum atomic E-state index is -3.81. The molecule has 0 saturated heterocycles. The van der Waals surface area contributed by atoms with E-state index in [-0.39, 0.29) is 17.1 Å². The van der Waals surface area contributed by atoms with Gasteiger partial charge in [-0.2, -0.15) is 0 Å². The highest BCUT2D eigenvalue weighted by Gasteiger charge is 2.21. The number of sulfonamides is 1. The van der Waals surface area contributed by atoms with Gasteiger partial charge in [-0.1, -0.05) is 13.8 Å². The van der Waals surface area contributed by atoms with Gasteiger partial charge in [0, 0.05) is 25.4 Å². The largest absolute Gasteiger partial charge is 0.478 e. The average Bonchev–Trinajstić information content (AvgIpc) is 2.44. The standard InChI is InChI=1S/C15H24N2O5S/c1-10(2)8-16-14-6-5-12(7-13(14)15(18)19)23(20,21)17-11(3)9-22-4/h5-7,10-11,16-17H,8-9H2,1-4H3,(H,18,19)/t11-/m1/s1. The van der Waals surface area contributed by atoms with E-state index in [4.69, 9.17) is 4.74 Å². The molecule has 8 heteroatoms. The van der Waals surface area contributed by atoms with Gasteiger partial charge >= 0.3 is 5.97 Å². The number of methoxy groups -OCH3 is 1. The molecule has 1 aromatic rings. The summed E-state index contributed by atoms with van der Waals surface area (Å²) in [6.07, 6.45) is 0. The molecule has 0 saturated carbocycles. The maximum Gasteiger partial charge on any atom is 0.337 e. The number of hydrogen-bond donors (Lipinski definition) is 3. The monoisotopic (exact) mass is 344 g/mol. The van der Waals surface area contributed by atoms with E-state index in [9.17, 15) is 18.3 Å². The number of nitrogens with one attached hydrogen (secondary N) is 2. The van der Waals surface area contributed by atoms with Crippen molar-refractivity contribution < 1.29 is 23.1 Å². The molecule has 0 aromatic heterocycles. The van der Waals surface area contributed by atoms with Crippen LogP contribution >= 0.6 is 0 Å². The van der Waals surface area contributed by atoms with Crippen LogP contribution in [0.5, 0.6) is 0 Å². The van der Waals surface area contributed by atoms with Crippen LogP contribution in [0.15, 0.2) is 23.1 Å². The average molecular weight is 344 g/mol. The smallest absolute Gasteiger partial charge is 0.337 e. The molecule has 3 N–H and O–H groups in total. The third kappa shape index (κ3) is 5.81. The summed E-state index contributed by atoms with van der Waals surface area (Å²) in [5.74, 6) is -0.852. The van der Waals surface area contributed by atoms with Crippen molar-refractivity contribution in [3.63, 3.8) is 0 Å². The number of ether oxygens (including phenoxy) is 1. The van der Waals surface area contributed by atoms with Gasteiger partial charge in [0.15, 0.2) is 0 Å². The topological polar surface area (TPSA) is 105 Å². The summed E-state index contributed by atoms with van der Waals surface area (Å²) in [6, 6.07) is 3.60. The van der Waals surface area contributed by atoms with Gasteiger partial charge in [0.2, 0.25) is 10.0 Å². The number of carbonyl (C=O) groups is 1. The van der Waals surface area contributed by atoms with Crippen molar-refractivity contribution in [3.05, 3.63) is 23.8 Å². The molecule has 0 fully saturated rings. The predicted molar refractivity (Wildman–Crippen MR) is 88.4 cm³/mol. The molecule has 0 amide bonds. The molecule has 23 heavy (non-hydrogen) atoms. The van der Waals surface area contributed by atoms with E-state index in [1.54, 1.807) is 6.92 Å². The van der Waals surface area contributed by atoms with Crippen molar-refractivity contribution in [1.82, 2.24) is 4.72 Å². The highest BCUT2D eigenvalue weighted by atomic mass is 32.2. The number of benzene rings is 1. The number of aromatic carboxylic acids is 1. The Labute approximate surface area is 137 Å². The van der Waals surface area contributed by atoms with Gasteiger partial charge in [0.05, 0.1) is 17.1 Å². The quantitative estimate of drug-likeness (QED) is 0.630. The van der Waals surface area contributed by atoms with E-state index in [1.807, 2.05) is 13.8 Å². The Kier molecular flexibility index (Phi) is 6.99. The maximum absolute atomic E-state index is 12.3. The summed E-state index contributed by atoms with van der Waals surface area (Å²) >= 11 is 0. The number of rotatable bonds is 9. The van der Waals surface area contributed by atoms with Crippen LogP contribution in [-0.2, 0) is 14.8 Å². The second kappa shape index (κ2) is 8.28. The van der Waals surface area contributed by atoms with Crippen molar-refractivity contribution in [3.8, 4) is 0 Å². The molecule has 0 spiro atoms. The zero-order chi connectivity index (χ0) is 17.6. The molecule has 0 aliphatic carbocycles. The van der Waals surface area contributed by atoms with E-state index in [1.165, 1.54) is 19.2 Å². The fraction of sp³-hybridized carbons (Fsp3) is 0.533. The Balaban J connectivity index is 3.09. The van der Waals surface area contributed by atoms with Crippen molar-refractivity contribution in [1.29, 1.82) is 0 Å². The summed E-state index contributed by atoms with van der Waals surface area (Å²) in [5.41, 5.74) is 0.322. The fourth-order valence-electron chi connectivity index (χ4n) is 1.95. The number of anilines is 1. The van der Waals surface area contributed by atoms with Gasteiger partial charge < -0.3 is 15.2 Å². The Morgan fingerprint density at radius 2 is 1.96 bits per heavy atom. The Bertz CT molecular complexity index is 643. The molecule has 0 aliphatic rings. The lowest BCUT2D eigenvalue weighted by molar-refractivity contribution is 0.0697. The molecule has 1 rings (SSSR count). The second-order valence-corrected chi connectivity index (χ2v) is 7.48. The molecule has 0 aliphatic heterocycles. The molecular formula is C15H24N2O5S. The van der Waals surface area contributed by atoms with Gasteiger partial charge in [-0.15, -0.1) is 0 Å². The zero-order valence-corrected chi connectivity index (χ0v) is 14.6. The minimum Gasteiger partial charge on any atom is -0.478 e. The molecule has 1 aromatic carbocycles. The van der Waals surface area contributed by atoms with Crippen LogP contribution < -0.4 is 10.0 Å². The molecule has 1 atom stereocenters. The van der Waals surface area contributed by atoms with Gasteiger partial charge in [-0.3, -0.25) is 0 Å².